The number of carbonyl (C=O) groups excluding carboxylic acids is 2. The second-order valence-corrected chi connectivity index (χ2v) is 3.46. The van der Waals surface area contributed by atoms with Crippen LogP contribution < -0.4 is 11.1 Å². The van der Waals surface area contributed by atoms with Crippen LogP contribution in [0.4, 0.5) is 5.69 Å². The van der Waals surface area contributed by atoms with Crippen molar-refractivity contribution >= 4 is 29.1 Å². The molecule has 0 aromatic heterocycles. The van der Waals surface area contributed by atoms with E-state index in [0.717, 1.165) is 0 Å². The van der Waals surface area contributed by atoms with Gasteiger partial charge in [-0.2, -0.15) is 0 Å². The molecule has 16 heavy (non-hydrogen) atoms. The van der Waals surface area contributed by atoms with Crippen molar-refractivity contribution in [2.75, 3.05) is 5.32 Å². The first-order valence-electron chi connectivity index (χ1n) is 4.57. The number of allylic oxidation sites excluding steroid dienone is 1. The van der Waals surface area contributed by atoms with Crippen LogP contribution in [0.1, 0.15) is 17.3 Å². The summed E-state index contributed by atoms with van der Waals surface area (Å²) in [6.45, 7) is 1.72. The van der Waals surface area contributed by atoms with Crippen LogP contribution in [0.2, 0.25) is 5.02 Å². The van der Waals surface area contributed by atoms with Gasteiger partial charge in [-0.1, -0.05) is 17.7 Å². The number of nitrogens with two attached hydrogens (primary N) is 1. The molecule has 84 valence electrons. The maximum absolute atomic E-state index is 11.3. The highest BCUT2D eigenvalue weighted by atomic mass is 35.5. The third-order valence-electron chi connectivity index (χ3n) is 1.83. The van der Waals surface area contributed by atoms with Crippen molar-refractivity contribution in [3.05, 3.63) is 40.9 Å². The molecule has 0 bridgehead atoms. The molecule has 0 radical (unpaired) electrons. The van der Waals surface area contributed by atoms with Crippen molar-refractivity contribution in [3.63, 3.8) is 0 Å². The first-order chi connectivity index (χ1) is 7.54. The second-order valence-electron chi connectivity index (χ2n) is 3.05. The molecule has 3 N–H and O–H groups in total. The van der Waals surface area contributed by atoms with E-state index in [1.807, 2.05) is 0 Å². The van der Waals surface area contributed by atoms with Crippen molar-refractivity contribution in [2.24, 2.45) is 5.73 Å². The molecule has 0 spiro atoms. The molecule has 0 unspecified atom stereocenters. The minimum absolute atomic E-state index is 0.292. The molecular formula is C11H11ClN2O2. The molecule has 0 fully saturated rings. The molecule has 1 rings (SSSR count). The van der Waals surface area contributed by atoms with Crippen LogP contribution in [0, 0.1) is 0 Å². The molecule has 0 heterocycles. The van der Waals surface area contributed by atoms with Crippen LogP contribution >= 0.6 is 11.6 Å². The van der Waals surface area contributed by atoms with Gasteiger partial charge in [0.15, 0.2) is 0 Å². The van der Waals surface area contributed by atoms with Crippen molar-refractivity contribution in [2.45, 2.75) is 6.92 Å². The molecule has 0 aliphatic carbocycles. The Labute approximate surface area is 98.1 Å². The van der Waals surface area contributed by atoms with Crippen LogP contribution in [0.3, 0.4) is 0 Å². The summed E-state index contributed by atoms with van der Waals surface area (Å²) < 4.78 is 0. The van der Waals surface area contributed by atoms with Gasteiger partial charge in [0, 0.05) is 5.56 Å². The number of amides is 2. The van der Waals surface area contributed by atoms with E-state index in [0.29, 0.717) is 16.3 Å². The van der Waals surface area contributed by atoms with E-state index in [4.69, 9.17) is 17.3 Å². The van der Waals surface area contributed by atoms with Gasteiger partial charge in [-0.25, -0.2) is 0 Å². The quantitative estimate of drug-likeness (QED) is 0.790. The van der Waals surface area contributed by atoms with E-state index in [9.17, 15) is 9.59 Å². The van der Waals surface area contributed by atoms with Crippen LogP contribution in [-0.2, 0) is 4.79 Å². The first kappa shape index (κ1) is 12.3. The highest BCUT2D eigenvalue weighted by molar-refractivity contribution is 6.34. The molecule has 0 atom stereocenters. The minimum Gasteiger partial charge on any atom is -0.366 e. The number of rotatable bonds is 3. The van der Waals surface area contributed by atoms with E-state index < -0.39 is 5.91 Å². The number of primary amides is 1. The van der Waals surface area contributed by atoms with Crippen molar-refractivity contribution in [1.29, 1.82) is 0 Å². The fourth-order valence-corrected chi connectivity index (χ4v) is 1.26. The fourth-order valence-electron chi connectivity index (χ4n) is 1.10. The summed E-state index contributed by atoms with van der Waals surface area (Å²) in [7, 11) is 0. The molecule has 0 aliphatic heterocycles. The maximum atomic E-state index is 11.3. The molecule has 5 heteroatoms. The number of nitrogens with one attached hydrogen (secondary N) is 1. The second kappa shape index (κ2) is 5.32. The van der Waals surface area contributed by atoms with E-state index >= 15 is 0 Å². The Bertz CT molecular complexity index is 455. The third kappa shape index (κ3) is 3.10. The van der Waals surface area contributed by atoms with E-state index in [2.05, 4.69) is 5.32 Å². The Morgan fingerprint density at radius 3 is 2.69 bits per heavy atom. The summed E-state index contributed by atoms with van der Waals surface area (Å²) in [6.07, 6.45) is 2.95. The third-order valence-corrected chi connectivity index (χ3v) is 2.16. The van der Waals surface area contributed by atoms with Crippen molar-refractivity contribution in [3.8, 4) is 0 Å². The molecule has 1 aromatic carbocycles. The topological polar surface area (TPSA) is 72.2 Å². The van der Waals surface area contributed by atoms with Gasteiger partial charge in [0.25, 0.3) is 0 Å². The molecule has 0 saturated heterocycles. The van der Waals surface area contributed by atoms with Crippen LogP contribution in [0.15, 0.2) is 30.4 Å². The van der Waals surface area contributed by atoms with Crippen LogP contribution in [0.5, 0.6) is 0 Å². The number of halogens is 1. The van der Waals surface area contributed by atoms with Gasteiger partial charge in [-0.15, -0.1) is 0 Å². The van der Waals surface area contributed by atoms with Gasteiger partial charge in [-0.3, -0.25) is 9.59 Å². The summed E-state index contributed by atoms with van der Waals surface area (Å²) in [5, 5.41) is 2.89. The Hall–Kier alpha value is -1.81. The molecule has 0 saturated carbocycles. The highest BCUT2D eigenvalue weighted by Crippen LogP contribution is 2.22. The van der Waals surface area contributed by atoms with Gasteiger partial charge >= 0.3 is 0 Å². The lowest BCUT2D eigenvalue weighted by Crippen LogP contribution is -2.13. The Kier molecular flexibility index (Phi) is 4.08. The van der Waals surface area contributed by atoms with Gasteiger partial charge in [0.1, 0.15) is 0 Å². The lowest BCUT2D eigenvalue weighted by Gasteiger charge is -2.06. The van der Waals surface area contributed by atoms with E-state index in [-0.39, 0.29) is 5.91 Å². The average Bonchev–Trinajstić information content (AvgIpc) is 2.21. The largest absolute Gasteiger partial charge is 0.366 e. The van der Waals surface area contributed by atoms with Gasteiger partial charge < -0.3 is 11.1 Å². The van der Waals surface area contributed by atoms with Gasteiger partial charge in [-0.05, 0) is 31.2 Å². The summed E-state index contributed by atoms with van der Waals surface area (Å²) >= 11 is 5.85. The first-order valence-corrected chi connectivity index (χ1v) is 4.95. The summed E-state index contributed by atoms with van der Waals surface area (Å²) in [6, 6.07) is 4.44. The standard InChI is InChI=1S/C11H11ClN2O2/c1-2-3-10(15)14-9-6-7(11(13)16)4-5-8(9)12/h2-6H,1H3,(H2,13,16)(H,14,15). The number of hydrogen-bond donors (Lipinski definition) is 2. The van der Waals surface area contributed by atoms with Crippen molar-refractivity contribution < 1.29 is 9.59 Å². The highest BCUT2D eigenvalue weighted by Gasteiger charge is 2.07. The summed E-state index contributed by atoms with van der Waals surface area (Å²) in [4.78, 5) is 22.2. The lowest BCUT2D eigenvalue weighted by atomic mass is 10.2. The normalized spacial score (nSPS) is 10.4. The zero-order valence-electron chi connectivity index (χ0n) is 8.66. The van der Waals surface area contributed by atoms with Crippen LogP contribution in [0.25, 0.3) is 0 Å². The van der Waals surface area contributed by atoms with Gasteiger partial charge in [0.2, 0.25) is 11.8 Å². The fraction of sp³-hybridized carbons (Fsp3) is 0.0909. The molecule has 0 aliphatic rings. The van der Waals surface area contributed by atoms with Gasteiger partial charge in [0.05, 0.1) is 10.7 Å². The minimum atomic E-state index is -0.571. The molecule has 2 amide bonds. The molecule has 1 aromatic rings. The van der Waals surface area contributed by atoms with Crippen molar-refractivity contribution in [1.82, 2.24) is 0 Å². The maximum Gasteiger partial charge on any atom is 0.248 e. The number of carbonyl (C=O) groups is 2. The molecule has 4 nitrogen and oxygen atoms in total. The predicted octanol–water partition coefficient (Wildman–Crippen LogP) is 1.95. The number of hydrogen-bond acceptors (Lipinski definition) is 2. The monoisotopic (exact) mass is 238 g/mol. The number of anilines is 1. The smallest absolute Gasteiger partial charge is 0.248 e. The summed E-state index contributed by atoms with van der Waals surface area (Å²) in [5.74, 6) is -0.885. The Morgan fingerprint density at radius 2 is 2.12 bits per heavy atom. The Morgan fingerprint density at radius 1 is 1.44 bits per heavy atom. The molecular weight excluding hydrogens is 228 g/mol. The zero-order valence-corrected chi connectivity index (χ0v) is 9.41. The Balaban J connectivity index is 2.98. The van der Waals surface area contributed by atoms with E-state index in [1.54, 1.807) is 13.0 Å². The SMILES string of the molecule is CC=CC(=O)Nc1cc(C(N)=O)ccc1Cl. The number of benzene rings is 1. The van der Waals surface area contributed by atoms with E-state index in [1.165, 1.54) is 24.3 Å². The van der Waals surface area contributed by atoms with Crippen LogP contribution in [-0.4, -0.2) is 11.8 Å². The summed E-state index contributed by atoms with van der Waals surface area (Å²) in [5.41, 5.74) is 5.77. The lowest BCUT2D eigenvalue weighted by molar-refractivity contribution is -0.111. The average molecular weight is 239 g/mol. The zero-order chi connectivity index (χ0) is 12.1. The predicted molar refractivity (Wildman–Crippen MR) is 63.4 cm³/mol.